The average Bonchev–Trinajstić information content (AvgIpc) is 2.64. The first kappa shape index (κ1) is 18.7. The molecule has 6 nitrogen and oxygen atoms in total. The molecule has 134 valence electrons. The van der Waals surface area contributed by atoms with Crippen molar-refractivity contribution >= 4 is 11.6 Å². The van der Waals surface area contributed by atoms with Gasteiger partial charge in [-0.25, -0.2) is 0 Å². The standard InChI is InChI=1S/C18H30N4O2/c1-3-21-11-13-22(14-12-21)17-6-4-16(5-7-17)18(23)20-9-8-19-10-15-24-2/h4-7,19H,3,8-15H2,1-2H3,(H,20,23). The number of amides is 1. The smallest absolute Gasteiger partial charge is 0.251 e. The molecule has 2 N–H and O–H groups in total. The van der Waals surface area contributed by atoms with E-state index >= 15 is 0 Å². The molecule has 6 heteroatoms. The Morgan fingerprint density at radius 3 is 2.42 bits per heavy atom. The molecule has 0 atom stereocenters. The number of benzene rings is 1. The zero-order valence-electron chi connectivity index (χ0n) is 14.9. The Morgan fingerprint density at radius 2 is 1.79 bits per heavy atom. The molecule has 1 aliphatic heterocycles. The fraction of sp³-hybridized carbons (Fsp3) is 0.611. The lowest BCUT2D eigenvalue weighted by atomic mass is 10.1. The third kappa shape index (κ3) is 5.78. The van der Waals surface area contributed by atoms with E-state index < -0.39 is 0 Å². The Balaban J connectivity index is 1.74. The zero-order valence-corrected chi connectivity index (χ0v) is 14.9. The molecule has 1 heterocycles. The quantitative estimate of drug-likeness (QED) is 0.654. The second-order valence-corrected chi connectivity index (χ2v) is 5.97. The van der Waals surface area contributed by atoms with Crippen LogP contribution in [-0.2, 0) is 4.74 Å². The maximum atomic E-state index is 12.1. The molecular weight excluding hydrogens is 304 g/mol. The molecule has 0 bridgehead atoms. The minimum Gasteiger partial charge on any atom is -0.383 e. The molecule has 1 fully saturated rings. The summed E-state index contributed by atoms with van der Waals surface area (Å²) in [6.45, 7) is 10.5. The highest BCUT2D eigenvalue weighted by Crippen LogP contribution is 2.17. The Bertz CT molecular complexity index is 484. The molecule has 0 radical (unpaired) electrons. The molecule has 0 spiro atoms. The van der Waals surface area contributed by atoms with E-state index in [0.29, 0.717) is 18.7 Å². The summed E-state index contributed by atoms with van der Waals surface area (Å²) in [7, 11) is 1.68. The van der Waals surface area contributed by atoms with Crippen LogP contribution in [0.1, 0.15) is 17.3 Å². The molecule has 0 saturated carbocycles. The number of hydrogen-bond acceptors (Lipinski definition) is 5. The van der Waals surface area contributed by atoms with Crippen LogP contribution >= 0.6 is 0 Å². The van der Waals surface area contributed by atoms with Crippen molar-refractivity contribution in [3.63, 3.8) is 0 Å². The van der Waals surface area contributed by atoms with Gasteiger partial charge in [-0.15, -0.1) is 0 Å². The number of nitrogens with one attached hydrogen (secondary N) is 2. The predicted octanol–water partition coefficient (Wildman–Crippen LogP) is 0.794. The van der Waals surface area contributed by atoms with Gasteiger partial charge in [-0.1, -0.05) is 6.92 Å². The first-order valence-electron chi connectivity index (χ1n) is 8.79. The van der Waals surface area contributed by atoms with Crippen molar-refractivity contribution in [3.8, 4) is 0 Å². The molecule has 1 saturated heterocycles. The van der Waals surface area contributed by atoms with E-state index in [4.69, 9.17) is 4.74 Å². The lowest BCUT2D eigenvalue weighted by Gasteiger charge is -2.35. The van der Waals surface area contributed by atoms with Gasteiger partial charge < -0.3 is 25.2 Å². The summed E-state index contributed by atoms with van der Waals surface area (Å²) >= 11 is 0. The largest absolute Gasteiger partial charge is 0.383 e. The van der Waals surface area contributed by atoms with E-state index in [0.717, 1.165) is 45.8 Å². The van der Waals surface area contributed by atoms with Crippen molar-refractivity contribution in [2.75, 3.05) is 71.0 Å². The summed E-state index contributed by atoms with van der Waals surface area (Å²) < 4.78 is 4.96. The van der Waals surface area contributed by atoms with Crippen LogP contribution in [0.4, 0.5) is 5.69 Å². The number of anilines is 1. The fourth-order valence-corrected chi connectivity index (χ4v) is 2.81. The summed E-state index contributed by atoms with van der Waals surface area (Å²) in [5.41, 5.74) is 1.91. The predicted molar refractivity (Wildman–Crippen MR) is 97.8 cm³/mol. The molecular formula is C18H30N4O2. The van der Waals surface area contributed by atoms with Crippen LogP contribution < -0.4 is 15.5 Å². The summed E-state index contributed by atoms with van der Waals surface area (Å²) in [6.07, 6.45) is 0. The first-order chi connectivity index (χ1) is 11.7. The number of ether oxygens (including phenoxy) is 1. The average molecular weight is 334 g/mol. The Labute approximate surface area is 145 Å². The summed E-state index contributed by atoms with van der Waals surface area (Å²) in [5, 5.41) is 6.13. The molecule has 2 rings (SSSR count). The van der Waals surface area contributed by atoms with Gasteiger partial charge in [0.25, 0.3) is 5.91 Å². The molecule has 24 heavy (non-hydrogen) atoms. The third-order valence-corrected chi connectivity index (χ3v) is 4.38. The van der Waals surface area contributed by atoms with Crippen molar-refractivity contribution in [1.29, 1.82) is 0 Å². The van der Waals surface area contributed by atoms with Gasteiger partial charge in [0.2, 0.25) is 0 Å². The van der Waals surface area contributed by atoms with Crippen LogP contribution in [0.25, 0.3) is 0 Å². The topological polar surface area (TPSA) is 56.8 Å². The van der Waals surface area contributed by atoms with E-state index in [9.17, 15) is 4.79 Å². The van der Waals surface area contributed by atoms with Gasteiger partial charge in [0.15, 0.2) is 0 Å². The van der Waals surface area contributed by atoms with E-state index in [2.05, 4.69) is 27.4 Å². The van der Waals surface area contributed by atoms with Crippen molar-refractivity contribution in [3.05, 3.63) is 29.8 Å². The number of rotatable bonds is 9. The Hall–Kier alpha value is -1.63. The highest BCUT2D eigenvalue weighted by Gasteiger charge is 2.16. The van der Waals surface area contributed by atoms with Gasteiger partial charge >= 0.3 is 0 Å². The molecule has 0 aliphatic carbocycles. The van der Waals surface area contributed by atoms with Crippen LogP contribution in [0.5, 0.6) is 0 Å². The molecule has 1 amide bonds. The van der Waals surface area contributed by atoms with Gasteiger partial charge in [0, 0.05) is 64.2 Å². The maximum absolute atomic E-state index is 12.1. The van der Waals surface area contributed by atoms with Crippen LogP contribution in [0.2, 0.25) is 0 Å². The zero-order chi connectivity index (χ0) is 17.2. The minimum absolute atomic E-state index is 0.0223. The van der Waals surface area contributed by atoms with Crippen LogP contribution in [0, 0.1) is 0 Å². The number of hydrogen-bond donors (Lipinski definition) is 2. The number of methoxy groups -OCH3 is 1. The normalized spacial score (nSPS) is 15.5. The van der Waals surface area contributed by atoms with Gasteiger partial charge in [-0.2, -0.15) is 0 Å². The van der Waals surface area contributed by atoms with Crippen molar-refractivity contribution in [1.82, 2.24) is 15.5 Å². The number of carbonyl (C=O) groups excluding carboxylic acids is 1. The van der Waals surface area contributed by atoms with Crippen LogP contribution in [0.15, 0.2) is 24.3 Å². The molecule has 0 unspecified atom stereocenters. The van der Waals surface area contributed by atoms with E-state index in [1.165, 1.54) is 5.69 Å². The van der Waals surface area contributed by atoms with Gasteiger partial charge in [0.1, 0.15) is 0 Å². The fourth-order valence-electron chi connectivity index (χ4n) is 2.81. The van der Waals surface area contributed by atoms with Crippen LogP contribution in [0.3, 0.4) is 0 Å². The third-order valence-electron chi connectivity index (χ3n) is 4.38. The summed E-state index contributed by atoms with van der Waals surface area (Å²) in [4.78, 5) is 17.0. The summed E-state index contributed by atoms with van der Waals surface area (Å²) in [5.74, 6) is -0.0223. The van der Waals surface area contributed by atoms with Crippen molar-refractivity contribution in [2.24, 2.45) is 0 Å². The highest BCUT2D eigenvalue weighted by molar-refractivity contribution is 5.94. The van der Waals surface area contributed by atoms with Crippen molar-refractivity contribution in [2.45, 2.75) is 6.92 Å². The second kappa shape index (κ2) is 10.3. The number of carbonyl (C=O) groups is 1. The van der Waals surface area contributed by atoms with Gasteiger partial charge in [0.05, 0.1) is 6.61 Å². The molecule has 1 aliphatic rings. The molecule has 1 aromatic rings. The van der Waals surface area contributed by atoms with E-state index in [-0.39, 0.29) is 5.91 Å². The maximum Gasteiger partial charge on any atom is 0.251 e. The second-order valence-electron chi connectivity index (χ2n) is 5.97. The summed E-state index contributed by atoms with van der Waals surface area (Å²) in [6, 6.07) is 7.92. The number of nitrogens with zero attached hydrogens (tertiary/aromatic N) is 2. The lowest BCUT2D eigenvalue weighted by molar-refractivity contribution is 0.0953. The van der Waals surface area contributed by atoms with E-state index in [1.807, 2.05) is 24.3 Å². The van der Waals surface area contributed by atoms with Crippen molar-refractivity contribution < 1.29 is 9.53 Å². The number of piperazine rings is 1. The highest BCUT2D eigenvalue weighted by atomic mass is 16.5. The first-order valence-corrected chi connectivity index (χ1v) is 8.79. The monoisotopic (exact) mass is 334 g/mol. The number of likely N-dealkylation sites (N-methyl/N-ethyl adjacent to an activating group) is 1. The van der Waals surface area contributed by atoms with Gasteiger partial charge in [-0.3, -0.25) is 4.79 Å². The van der Waals surface area contributed by atoms with Gasteiger partial charge in [-0.05, 0) is 30.8 Å². The molecule has 0 aromatic heterocycles. The van der Waals surface area contributed by atoms with Crippen LogP contribution in [-0.4, -0.2) is 76.9 Å². The SMILES string of the molecule is CCN1CCN(c2ccc(C(=O)NCCNCCOC)cc2)CC1. The minimum atomic E-state index is -0.0223. The van der Waals surface area contributed by atoms with E-state index in [1.54, 1.807) is 7.11 Å². The lowest BCUT2D eigenvalue weighted by Crippen LogP contribution is -2.46. The molecule has 1 aromatic carbocycles. The Kier molecular flexibility index (Phi) is 8.01. The Morgan fingerprint density at radius 1 is 1.08 bits per heavy atom.